The number of H-pyrrole nitrogens is 1. The number of aromatic nitrogens is 2. The molecule has 0 amide bonds. The first-order chi connectivity index (χ1) is 8.69. The Morgan fingerprint density at radius 3 is 2.74 bits per heavy atom. The number of pyridine rings is 1. The Labute approximate surface area is 117 Å². The van der Waals surface area contributed by atoms with Gasteiger partial charge in [-0.2, -0.15) is 4.31 Å². The normalized spacial score (nSPS) is 17.3. The minimum absolute atomic E-state index is 0. The molecule has 1 aliphatic rings. The fourth-order valence-electron chi connectivity index (χ4n) is 2.17. The van der Waals surface area contributed by atoms with Crippen molar-refractivity contribution in [3.63, 3.8) is 0 Å². The van der Waals surface area contributed by atoms with Crippen molar-refractivity contribution in [2.75, 3.05) is 26.2 Å². The number of nitrogens with one attached hydrogen (secondary N) is 2. The predicted molar refractivity (Wildman–Crippen MR) is 75.0 cm³/mol. The molecule has 19 heavy (non-hydrogen) atoms. The molecule has 0 radical (unpaired) electrons. The highest BCUT2D eigenvalue weighted by atomic mass is 35.5. The van der Waals surface area contributed by atoms with E-state index in [2.05, 4.69) is 15.3 Å². The number of sulfonamides is 1. The predicted octanol–water partition coefficient (Wildman–Crippen LogP) is 0.579. The summed E-state index contributed by atoms with van der Waals surface area (Å²) in [5, 5.41) is 3.79. The summed E-state index contributed by atoms with van der Waals surface area (Å²) in [4.78, 5) is 7.32. The maximum atomic E-state index is 12.5. The van der Waals surface area contributed by atoms with E-state index in [1.54, 1.807) is 18.3 Å². The molecule has 0 unspecified atom stereocenters. The quantitative estimate of drug-likeness (QED) is 0.850. The number of fused-ring (bicyclic) bond motifs is 1. The van der Waals surface area contributed by atoms with Crippen LogP contribution in [-0.2, 0) is 10.0 Å². The molecule has 2 N–H and O–H groups in total. The molecular formula is C11H15ClN4O2S. The molecule has 3 rings (SSSR count). The molecule has 104 valence electrons. The Morgan fingerprint density at radius 2 is 2.00 bits per heavy atom. The van der Waals surface area contributed by atoms with Gasteiger partial charge >= 0.3 is 0 Å². The van der Waals surface area contributed by atoms with Crippen LogP contribution in [0.3, 0.4) is 0 Å². The van der Waals surface area contributed by atoms with Gasteiger partial charge in [-0.1, -0.05) is 0 Å². The lowest BCUT2D eigenvalue weighted by Gasteiger charge is -2.26. The SMILES string of the molecule is Cl.O=S(=O)(c1c[nH]c2ncccc12)N1CCNCC1. The van der Waals surface area contributed by atoms with Crippen LogP contribution >= 0.6 is 12.4 Å². The first-order valence-corrected chi connectivity index (χ1v) is 7.26. The number of aromatic amines is 1. The summed E-state index contributed by atoms with van der Waals surface area (Å²) >= 11 is 0. The van der Waals surface area contributed by atoms with Gasteiger partial charge in [-0.3, -0.25) is 0 Å². The highest BCUT2D eigenvalue weighted by molar-refractivity contribution is 7.89. The largest absolute Gasteiger partial charge is 0.345 e. The maximum absolute atomic E-state index is 12.5. The summed E-state index contributed by atoms with van der Waals surface area (Å²) in [7, 11) is -3.42. The third kappa shape index (κ3) is 2.46. The van der Waals surface area contributed by atoms with E-state index in [0.717, 1.165) is 0 Å². The van der Waals surface area contributed by atoms with Crippen molar-refractivity contribution in [3.05, 3.63) is 24.5 Å². The Balaban J connectivity index is 0.00000133. The van der Waals surface area contributed by atoms with E-state index >= 15 is 0 Å². The van der Waals surface area contributed by atoms with Crippen LogP contribution in [0.4, 0.5) is 0 Å². The first-order valence-electron chi connectivity index (χ1n) is 5.82. The number of halogens is 1. The van der Waals surface area contributed by atoms with Crippen molar-refractivity contribution >= 4 is 33.5 Å². The zero-order valence-corrected chi connectivity index (χ0v) is 11.8. The van der Waals surface area contributed by atoms with E-state index in [-0.39, 0.29) is 12.4 Å². The van der Waals surface area contributed by atoms with E-state index < -0.39 is 10.0 Å². The average Bonchev–Trinajstić information content (AvgIpc) is 2.84. The third-order valence-corrected chi connectivity index (χ3v) is 5.05. The molecule has 8 heteroatoms. The Bertz CT molecular complexity index is 664. The van der Waals surface area contributed by atoms with Gasteiger partial charge < -0.3 is 10.3 Å². The van der Waals surface area contributed by atoms with Gasteiger partial charge in [0, 0.05) is 44.0 Å². The molecule has 1 aliphatic heterocycles. The summed E-state index contributed by atoms with van der Waals surface area (Å²) in [6, 6.07) is 3.51. The standard InChI is InChI=1S/C11H14N4O2S.ClH/c16-18(17,15-6-4-12-5-7-15)10-8-14-11-9(10)2-1-3-13-11;/h1-3,8,12H,4-7H2,(H,13,14);1H. The molecule has 6 nitrogen and oxygen atoms in total. The molecule has 1 fully saturated rings. The van der Waals surface area contributed by atoms with E-state index in [9.17, 15) is 8.42 Å². The number of nitrogens with zero attached hydrogens (tertiary/aromatic N) is 2. The summed E-state index contributed by atoms with van der Waals surface area (Å²) in [5.41, 5.74) is 0.603. The smallest absolute Gasteiger partial charge is 0.245 e. The second kappa shape index (κ2) is 5.46. The van der Waals surface area contributed by atoms with Crippen LogP contribution in [0.5, 0.6) is 0 Å². The Morgan fingerprint density at radius 1 is 1.26 bits per heavy atom. The van der Waals surface area contributed by atoms with Crippen molar-refractivity contribution in [1.29, 1.82) is 0 Å². The molecule has 2 aromatic heterocycles. The second-order valence-corrected chi connectivity index (χ2v) is 6.11. The highest BCUT2D eigenvalue weighted by Crippen LogP contribution is 2.24. The van der Waals surface area contributed by atoms with Gasteiger partial charge in [-0.25, -0.2) is 13.4 Å². The zero-order chi connectivity index (χ0) is 12.6. The lowest BCUT2D eigenvalue weighted by Crippen LogP contribution is -2.46. The first kappa shape index (κ1) is 14.3. The summed E-state index contributed by atoms with van der Waals surface area (Å²) < 4.78 is 26.5. The van der Waals surface area contributed by atoms with Crippen LogP contribution in [0, 0.1) is 0 Å². The number of piperazine rings is 1. The Hall–Kier alpha value is -1.15. The van der Waals surface area contributed by atoms with Gasteiger partial charge in [0.05, 0.1) is 0 Å². The van der Waals surface area contributed by atoms with E-state index in [4.69, 9.17) is 0 Å². The van der Waals surface area contributed by atoms with Gasteiger partial charge in [0.25, 0.3) is 0 Å². The van der Waals surface area contributed by atoms with Crippen LogP contribution in [0.15, 0.2) is 29.4 Å². The third-order valence-electron chi connectivity index (χ3n) is 3.11. The molecule has 0 aliphatic carbocycles. The highest BCUT2D eigenvalue weighted by Gasteiger charge is 2.28. The molecular weight excluding hydrogens is 288 g/mol. The van der Waals surface area contributed by atoms with E-state index in [0.29, 0.717) is 42.1 Å². The molecule has 0 saturated carbocycles. The van der Waals surface area contributed by atoms with Crippen molar-refractivity contribution in [2.24, 2.45) is 0 Å². The minimum atomic E-state index is -3.42. The molecule has 0 atom stereocenters. The fraction of sp³-hybridized carbons (Fsp3) is 0.364. The summed E-state index contributed by atoms with van der Waals surface area (Å²) in [5.74, 6) is 0. The van der Waals surface area contributed by atoms with Crippen molar-refractivity contribution < 1.29 is 8.42 Å². The van der Waals surface area contributed by atoms with Gasteiger partial charge in [-0.15, -0.1) is 12.4 Å². The van der Waals surface area contributed by atoms with Crippen LogP contribution in [0.2, 0.25) is 0 Å². The summed E-state index contributed by atoms with van der Waals surface area (Å²) in [6.45, 7) is 2.41. The van der Waals surface area contributed by atoms with Crippen LogP contribution < -0.4 is 5.32 Å². The lowest BCUT2D eigenvalue weighted by molar-refractivity contribution is 0.360. The van der Waals surface area contributed by atoms with E-state index in [1.807, 2.05) is 0 Å². The monoisotopic (exact) mass is 302 g/mol. The molecule has 1 saturated heterocycles. The van der Waals surface area contributed by atoms with Crippen molar-refractivity contribution in [1.82, 2.24) is 19.6 Å². The van der Waals surface area contributed by atoms with Gasteiger partial charge in [0.1, 0.15) is 10.5 Å². The van der Waals surface area contributed by atoms with Crippen LogP contribution in [-0.4, -0.2) is 48.9 Å². The second-order valence-electron chi connectivity index (χ2n) is 4.21. The summed E-state index contributed by atoms with van der Waals surface area (Å²) in [6.07, 6.45) is 3.16. The lowest BCUT2D eigenvalue weighted by atomic mass is 10.3. The van der Waals surface area contributed by atoms with Gasteiger partial charge in [0.15, 0.2) is 0 Å². The fourth-order valence-corrected chi connectivity index (χ4v) is 3.76. The zero-order valence-electron chi connectivity index (χ0n) is 10.2. The van der Waals surface area contributed by atoms with E-state index in [1.165, 1.54) is 10.5 Å². The minimum Gasteiger partial charge on any atom is -0.345 e. The molecule has 0 aromatic carbocycles. The molecule has 3 heterocycles. The molecule has 0 spiro atoms. The van der Waals surface area contributed by atoms with Crippen LogP contribution in [0.1, 0.15) is 0 Å². The van der Waals surface area contributed by atoms with Gasteiger partial charge in [0.2, 0.25) is 10.0 Å². The number of hydrogen-bond acceptors (Lipinski definition) is 4. The maximum Gasteiger partial charge on any atom is 0.245 e. The number of hydrogen-bond donors (Lipinski definition) is 2. The van der Waals surface area contributed by atoms with Crippen molar-refractivity contribution in [3.8, 4) is 0 Å². The molecule has 0 bridgehead atoms. The number of rotatable bonds is 2. The van der Waals surface area contributed by atoms with Crippen LogP contribution in [0.25, 0.3) is 11.0 Å². The van der Waals surface area contributed by atoms with Crippen molar-refractivity contribution in [2.45, 2.75) is 4.90 Å². The van der Waals surface area contributed by atoms with Gasteiger partial charge in [-0.05, 0) is 12.1 Å². The topological polar surface area (TPSA) is 78.1 Å². The molecule has 2 aromatic rings. The Kier molecular flexibility index (Phi) is 4.10. The average molecular weight is 303 g/mol.